The number of nitriles is 1. The monoisotopic (exact) mass is 164 g/mol. The molecule has 0 unspecified atom stereocenters. The number of nitrogens with zero attached hydrogens (tertiary/aromatic N) is 2. The maximum Gasteiger partial charge on any atom is 0.225 e. The second kappa shape index (κ2) is 2.98. The highest BCUT2D eigenvalue weighted by molar-refractivity contribution is 5.50. The molecule has 0 fully saturated rings. The van der Waals surface area contributed by atoms with Crippen molar-refractivity contribution in [3.05, 3.63) is 40.7 Å². The Kier molecular flexibility index (Phi) is 2.02. The fourth-order valence-corrected chi connectivity index (χ4v) is 0.708. The SMILES string of the molecule is [C-]#[N+]c1cc(F)c(C#N)cc1F. The lowest BCUT2D eigenvalue weighted by Gasteiger charge is -1.95. The summed E-state index contributed by atoms with van der Waals surface area (Å²) in [4.78, 5) is 2.73. The predicted octanol–water partition coefficient (Wildman–Crippen LogP) is 2.39. The first-order valence-electron chi connectivity index (χ1n) is 2.95. The summed E-state index contributed by atoms with van der Waals surface area (Å²) in [7, 11) is 0. The minimum absolute atomic E-state index is 0.389. The number of benzene rings is 1. The summed E-state index contributed by atoms with van der Waals surface area (Å²) < 4.78 is 25.4. The molecule has 0 aliphatic rings. The number of halogens is 2. The molecule has 2 nitrogen and oxygen atoms in total. The van der Waals surface area contributed by atoms with Gasteiger partial charge in [0.1, 0.15) is 17.7 Å². The molecule has 1 aromatic carbocycles. The van der Waals surface area contributed by atoms with E-state index < -0.39 is 17.3 Å². The molecule has 0 N–H and O–H groups in total. The van der Waals surface area contributed by atoms with Gasteiger partial charge >= 0.3 is 0 Å². The predicted molar refractivity (Wildman–Crippen MR) is 37.3 cm³/mol. The molecular weight excluding hydrogens is 162 g/mol. The van der Waals surface area contributed by atoms with Crippen LogP contribution < -0.4 is 0 Å². The van der Waals surface area contributed by atoms with E-state index in [1.54, 1.807) is 0 Å². The van der Waals surface area contributed by atoms with Gasteiger partial charge in [-0.05, 0) is 12.1 Å². The molecule has 0 spiro atoms. The maximum atomic E-state index is 12.7. The molecule has 0 aromatic heterocycles. The van der Waals surface area contributed by atoms with Gasteiger partial charge in [0.15, 0.2) is 0 Å². The van der Waals surface area contributed by atoms with Gasteiger partial charge in [-0.3, -0.25) is 0 Å². The van der Waals surface area contributed by atoms with Crippen LogP contribution in [0, 0.1) is 29.5 Å². The average molecular weight is 164 g/mol. The van der Waals surface area contributed by atoms with Gasteiger partial charge in [0.25, 0.3) is 0 Å². The zero-order chi connectivity index (χ0) is 9.14. The van der Waals surface area contributed by atoms with Gasteiger partial charge in [-0.2, -0.15) is 5.26 Å². The van der Waals surface area contributed by atoms with E-state index in [1.165, 1.54) is 6.07 Å². The van der Waals surface area contributed by atoms with Crippen LogP contribution in [0.15, 0.2) is 12.1 Å². The normalized spacial score (nSPS) is 8.67. The van der Waals surface area contributed by atoms with E-state index >= 15 is 0 Å². The van der Waals surface area contributed by atoms with Crippen LogP contribution in [0.3, 0.4) is 0 Å². The summed E-state index contributed by atoms with van der Waals surface area (Å²) in [6.45, 7) is 6.44. The van der Waals surface area contributed by atoms with E-state index in [0.29, 0.717) is 12.1 Å². The lowest BCUT2D eigenvalue weighted by atomic mass is 10.2. The highest BCUT2D eigenvalue weighted by Gasteiger charge is 2.08. The van der Waals surface area contributed by atoms with Crippen LogP contribution >= 0.6 is 0 Å². The summed E-state index contributed by atoms with van der Waals surface area (Å²) in [5, 5.41) is 8.27. The van der Waals surface area contributed by atoms with E-state index in [4.69, 9.17) is 11.8 Å². The van der Waals surface area contributed by atoms with Gasteiger partial charge in [-0.15, -0.1) is 0 Å². The summed E-state index contributed by atoms with van der Waals surface area (Å²) in [5.74, 6) is -1.74. The van der Waals surface area contributed by atoms with E-state index in [2.05, 4.69) is 4.85 Å². The Labute approximate surface area is 67.5 Å². The Morgan fingerprint density at radius 2 is 2.00 bits per heavy atom. The van der Waals surface area contributed by atoms with Gasteiger partial charge in [0.2, 0.25) is 5.69 Å². The van der Waals surface area contributed by atoms with Gasteiger partial charge in [0, 0.05) is 0 Å². The Bertz CT molecular complexity index is 359. The van der Waals surface area contributed by atoms with Crippen molar-refractivity contribution >= 4 is 5.69 Å². The van der Waals surface area contributed by atoms with Crippen LogP contribution in [-0.4, -0.2) is 0 Å². The van der Waals surface area contributed by atoms with Crippen molar-refractivity contribution < 1.29 is 8.78 Å². The van der Waals surface area contributed by atoms with Crippen molar-refractivity contribution in [2.24, 2.45) is 0 Å². The van der Waals surface area contributed by atoms with Gasteiger partial charge in [-0.25, -0.2) is 13.6 Å². The molecule has 1 aromatic rings. The van der Waals surface area contributed by atoms with Crippen molar-refractivity contribution in [3.8, 4) is 6.07 Å². The molecule has 0 saturated heterocycles. The van der Waals surface area contributed by atoms with E-state index in [0.717, 1.165) is 0 Å². The van der Waals surface area contributed by atoms with Gasteiger partial charge < -0.3 is 0 Å². The molecule has 0 aliphatic heterocycles. The third-order valence-corrected chi connectivity index (χ3v) is 1.28. The first-order valence-corrected chi connectivity index (χ1v) is 2.95. The Morgan fingerprint density at radius 3 is 2.50 bits per heavy atom. The highest BCUT2D eigenvalue weighted by atomic mass is 19.1. The Balaban J connectivity index is 3.41. The number of rotatable bonds is 0. The minimum Gasteiger partial charge on any atom is -0.235 e. The number of hydrogen-bond donors (Lipinski definition) is 0. The fourth-order valence-electron chi connectivity index (χ4n) is 0.708. The molecule has 12 heavy (non-hydrogen) atoms. The van der Waals surface area contributed by atoms with Crippen LogP contribution in [-0.2, 0) is 0 Å². The summed E-state index contributed by atoms with van der Waals surface area (Å²) in [6, 6.07) is 2.89. The quantitative estimate of drug-likeness (QED) is 0.541. The summed E-state index contributed by atoms with van der Waals surface area (Å²) >= 11 is 0. The molecule has 4 heteroatoms. The zero-order valence-electron chi connectivity index (χ0n) is 5.81. The topological polar surface area (TPSA) is 28.1 Å². The van der Waals surface area contributed by atoms with Crippen molar-refractivity contribution in [1.82, 2.24) is 0 Å². The fraction of sp³-hybridized carbons (Fsp3) is 0. The molecule has 1 rings (SSSR count). The first-order chi connectivity index (χ1) is 5.69. The zero-order valence-corrected chi connectivity index (χ0v) is 5.81. The van der Waals surface area contributed by atoms with Crippen LogP contribution in [0.2, 0.25) is 0 Å². The molecule has 0 saturated carbocycles. The molecule has 0 heterocycles. The largest absolute Gasteiger partial charge is 0.235 e. The first kappa shape index (κ1) is 8.16. The molecule has 0 aliphatic carbocycles. The summed E-state index contributed by atoms with van der Waals surface area (Å²) in [6.07, 6.45) is 0. The molecule has 0 bridgehead atoms. The average Bonchev–Trinajstić information content (AvgIpc) is 2.08. The van der Waals surface area contributed by atoms with Crippen molar-refractivity contribution in [3.63, 3.8) is 0 Å². The summed E-state index contributed by atoms with van der Waals surface area (Å²) in [5.41, 5.74) is -0.800. The van der Waals surface area contributed by atoms with Crippen LogP contribution in [0.5, 0.6) is 0 Å². The van der Waals surface area contributed by atoms with Gasteiger partial charge in [-0.1, -0.05) is 0 Å². The van der Waals surface area contributed by atoms with Crippen LogP contribution in [0.1, 0.15) is 5.56 Å². The second-order valence-electron chi connectivity index (χ2n) is 2.01. The minimum atomic E-state index is -0.872. The van der Waals surface area contributed by atoms with Crippen molar-refractivity contribution in [1.29, 1.82) is 5.26 Å². The lowest BCUT2D eigenvalue weighted by Crippen LogP contribution is -1.85. The molecule has 58 valence electrons. The number of hydrogen-bond acceptors (Lipinski definition) is 1. The van der Waals surface area contributed by atoms with Crippen molar-refractivity contribution in [2.45, 2.75) is 0 Å². The molecular formula is C8H2F2N2. The highest BCUT2D eigenvalue weighted by Crippen LogP contribution is 2.21. The second-order valence-corrected chi connectivity index (χ2v) is 2.01. The molecule has 0 amide bonds. The molecule has 0 radical (unpaired) electrons. The van der Waals surface area contributed by atoms with Crippen molar-refractivity contribution in [2.75, 3.05) is 0 Å². The lowest BCUT2D eigenvalue weighted by molar-refractivity contribution is 0.601. The third-order valence-electron chi connectivity index (χ3n) is 1.28. The van der Waals surface area contributed by atoms with Crippen LogP contribution in [0.25, 0.3) is 4.85 Å². The van der Waals surface area contributed by atoms with E-state index in [1.807, 2.05) is 0 Å². The third kappa shape index (κ3) is 1.23. The van der Waals surface area contributed by atoms with E-state index in [-0.39, 0.29) is 5.56 Å². The smallest absolute Gasteiger partial charge is 0.225 e. The Hall–Kier alpha value is -1.94. The Morgan fingerprint density at radius 1 is 1.33 bits per heavy atom. The maximum absolute atomic E-state index is 12.7. The standard InChI is InChI=1S/C8H2F2N2/c1-12-8-3-6(9)5(4-11)2-7(8)10/h2-3H. The van der Waals surface area contributed by atoms with Crippen LogP contribution in [0.4, 0.5) is 14.5 Å². The molecule has 0 atom stereocenters. The van der Waals surface area contributed by atoms with Gasteiger partial charge in [0.05, 0.1) is 12.1 Å². The van der Waals surface area contributed by atoms with E-state index in [9.17, 15) is 8.78 Å².